The average molecular weight is 273 g/mol. The fraction of sp³-hybridized carbons (Fsp3) is 0.500. The highest BCUT2D eigenvalue weighted by molar-refractivity contribution is 7.89. The summed E-state index contributed by atoms with van der Waals surface area (Å²) in [6.45, 7) is 1.73. The predicted molar refractivity (Wildman–Crippen MR) is 65.1 cm³/mol. The molecule has 1 aliphatic rings. The minimum absolute atomic E-state index is 0.0159. The minimum Gasteiger partial charge on any atom is -0.396 e. The Kier molecular flexibility index (Phi) is 3.44. The van der Waals surface area contributed by atoms with Crippen LogP contribution in [0.5, 0.6) is 0 Å². The maximum absolute atomic E-state index is 13.1. The van der Waals surface area contributed by atoms with Gasteiger partial charge in [0, 0.05) is 18.6 Å². The lowest BCUT2D eigenvalue weighted by molar-refractivity contribution is 0.213. The molecule has 0 aromatic heterocycles. The van der Waals surface area contributed by atoms with Gasteiger partial charge in [-0.1, -0.05) is 0 Å². The Morgan fingerprint density at radius 3 is 2.61 bits per heavy atom. The topological polar surface area (TPSA) is 66.4 Å². The molecule has 18 heavy (non-hydrogen) atoms. The summed E-state index contributed by atoms with van der Waals surface area (Å²) < 4.78 is 39.5. The lowest BCUT2D eigenvalue weighted by Gasteiger charge is -2.13. The minimum atomic E-state index is -3.63. The van der Waals surface area contributed by atoms with E-state index in [-0.39, 0.29) is 23.5 Å². The molecule has 1 saturated carbocycles. The number of hydrogen-bond acceptors (Lipinski definition) is 3. The number of rotatable bonds is 5. The van der Waals surface area contributed by atoms with Crippen molar-refractivity contribution < 1.29 is 17.9 Å². The maximum Gasteiger partial charge on any atom is 0.240 e. The summed E-state index contributed by atoms with van der Waals surface area (Å²) >= 11 is 0. The summed E-state index contributed by atoms with van der Waals surface area (Å²) in [6, 6.07) is 3.68. The first kappa shape index (κ1) is 13.5. The Labute approximate surface area is 106 Å². The molecule has 0 aliphatic heterocycles. The van der Waals surface area contributed by atoms with Gasteiger partial charge in [-0.05, 0) is 43.5 Å². The van der Waals surface area contributed by atoms with Gasteiger partial charge in [0.2, 0.25) is 10.0 Å². The van der Waals surface area contributed by atoms with Gasteiger partial charge >= 0.3 is 0 Å². The van der Waals surface area contributed by atoms with Crippen LogP contribution in [-0.4, -0.2) is 26.7 Å². The number of nitrogens with one attached hydrogen (secondary N) is 1. The largest absolute Gasteiger partial charge is 0.396 e. The monoisotopic (exact) mass is 273 g/mol. The van der Waals surface area contributed by atoms with E-state index in [1.165, 1.54) is 19.1 Å². The Bertz CT molecular complexity index is 552. The van der Waals surface area contributed by atoms with E-state index in [9.17, 15) is 12.8 Å². The normalized spacial score (nSPS) is 17.7. The first-order valence-electron chi connectivity index (χ1n) is 5.75. The fourth-order valence-corrected chi connectivity index (χ4v) is 2.93. The molecule has 0 spiro atoms. The van der Waals surface area contributed by atoms with E-state index < -0.39 is 15.8 Å². The van der Waals surface area contributed by atoms with E-state index in [2.05, 4.69) is 4.72 Å². The second-order valence-electron chi connectivity index (χ2n) is 4.89. The number of aryl methyl sites for hydroxylation is 1. The number of aliphatic hydroxyl groups excluding tert-OH is 1. The van der Waals surface area contributed by atoms with E-state index in [1.54, 1.807) is 0 Å². The van der Waals surface area contributed by atoms with Crippen LogP contribution in [0.2, 0.25) is 0 Å². The molecule has 0 heterocycles. The van der Waals surface area contributed by atoms with Crippen LogP contribution in [0, 0.1) is 18.2 Å². The van der Waals surface area contributed by atoms with Gasteiger partial charge in [-0.2, -0.15) is 0 Å². The van der Waals surface area contributed by atoms with Crippen LogP contribution in [0.15, 0.2) is 23.1 Å². The van der Waals surface area contributed by atoms with Gasteiger partial charge < -0.3 is 5.11 Å². The molecular formula is C12H16FNO3S. The zero-order chi connectivity index (χ0) is 13.4. The van der Waals surface area contributed by atoms with Gasteiger partial charge in [0.05, 0.1) is 4.90 Å². The molecule has 0 bridgehead atoms. The molecular weight excluding hydrogens is 257 g/mol. The van der Waals surface area contributed by atoms with Crippen molar-refractivity contribution in [2.75, 3.05) is 13.2 Å². The summed E-state index contributed by atoms with van der Waals surface area (Å²) in [7, 11) is -3.63. The van der Waals surface area contributed by atoms with Gasteiger partial charge in [-0.15, -0.1) is 0 Å². The Balaban J connectivity index is 2.13. The predicted octanol–water partition coefficient (Wildman–Crippen LogP) is 1.18. The SMILES string of the molecule is Cc1cc(S(=O)(=O)NCC2(CO)CC2)ccc1F. The Hall–Kier alpha value is -0.980. The lowest BCUT2D eigenvalue weighted by Crippen LogP contribution is -2.32. The fourth-order valence-electron chi connectivity index (χ4n) is 1.68. The molecule has 0 amide bonds. The molecule has 1 aliphatic carbocycles. The summed E-state index contributed by atoms with van der Waals surface area (Å²) in [6.07, 6.45) is 1.66. The maximum atomic E-state index is 13.1. The van der Waals surface area contributed by atoms with Crippen LogP contribution in [0.1, 0.15) is 18.4 Å². The van der Waals surface area contributed by atoms with Crippen LogP contribution in [0.25, 0.3) is 0 Å². The summed E-state index contributed by atoms with van der Waals surface area (Å²) in [4.78, 5) is 0.0511. The average Bonchev–Trinajstić information content (AvgIpc) is 3.11. The van der Waals surface area contributed by atoms with Gasteiger partial charge in [0.1, 0.15) is 5.82 Å². The molecule has 100 valence electrons. The van der Waals surface area contributed by atoms with E-state index >= 15 is 0 Å². The first-order valence-corrected chi connectivity index (χ1v) is 7.24. The smallest absolute Gasteiger partial charge is 0.240 e. The third-order valence-electron chi connectivity index (χ3n) is 3.37. The van der Waals surface area contributed by atoms with Gasteiger partial charge in [0.25, 0.3) is 0 Å². The van der Waals surface area contributed by atoms with Crippen molar-refractivity contribution >= 4 is 10.0 Å². The number of sulfonamides is 1. The van der Waals surface area contributed by atoms with Gasteiger partial charge in [-0.25, -0.2) is 17.5 Å². The third-order valence-corrected chi connectivity index (χ3v) is 4.77. The van der Waals surface area contributed by atoms with Crippen molar-refractivity contribution in [3.05, 3.63) is 29.6 Å². The van der Waals surface area contributed by atoms with Crippen LogP contribution >= 0.6 is 0 Å². The highest BCUT2D eigenvalue weighted by Gasteiger charge is 2.42. The second-order valence-corrected chi connectivity index (χ2v) is 6.66. The zero-order valence-corrected chi connectivity index (χ0v) is 10.9. The third kappa shape index (κ3) is 2.71. The molecule has 1 fully saturated rings. The van der Waals surface area contributed by atoms with Crippen LogP contribution in [0.3, 0.4) is 0 Å². The van der Waals surface area contributed by atoms with Crippen molar-refractivity contribution in [1.29, 1.82) is 0 Å². The first-order chi connectivity index (χ1) is 8.38. The second kappa shape index (κ2) is 4.60. The van der Waals surface area contributed by atoms with Crippen molar-refractivity contribution in [3.8, 4) is 0 Å². The Morgan fingerprint density at radius 2 is 2.11 bits per heavy atom. The number of benzene rings is 1. The summed E-state index contributed by atoms with van der Waals surface area (Å²) in [5.41, 5.74) is 0.00321. The van der Waals surface area contributed by atoms with Crippen LogP contribution in [0.4, 0.5) is 4.39 Å². The van der Waals surface area contributed by atoms with E-state index in [0.29, 0.717) is 5.56 Å². The molecule has 2 N–H and O–H groups in total. The van der Waals surface area contributed by atoms with Crippen molar-refractivity contribution in [2.24, 2.45) is 5.41 Å². The Morgan fingerprint density at radius 1 is 1.44 bits per heavy atom. The van der Waals surface area contributed by atoms with Crippen LogP contribution < -0.4 is 4.72 Å². The number of hydrogen-bond donors (Lipinski definition) is 2. The summed E-state index contributed by atoms with van der Waals surface area (Å²) in [5.74, 6) is -0.428. The van der Waals surface area contributed by atoms with Crippen molar-refractivity contribution in [2.45, 2.75) is 24.7 Å². The lowest BCUT2D eigenvalue weighted by atomic mass is 10.1. The molecule has 4 nitrogen and oxygen atoms in total. The molecule has 0 unspecified atom stereocenters. The van der Waals surface area contributed by atoms with E-state index in [1.807, 2.05) is 0 Å². The van der Waals surface area contributed by atoms with Crippen molar-refractivity contribution in [1.82, 2.24) is 4.72 Å². The molecule has 1 aromatic carbocycles. The standard InChI is InChI=1S/C12H16FNO3S/c1-9-6-10(2-3-11(9)13)18(16,17)14-7-12(8-15)4-5-12/h2-3,6,14-15H,4-5,7-8H2,1H3. The molecule has 1 aromatic rings. The number of aliphatic hydroxyl groups is 1. The van der Waals surface area contributed by atoms with E-state index in [0.717, 1.165) is 18.9 Å². The molecule has 2 rings (SSSR count). The molecule has 0 atom stereocenters. The molecule has 0 saturated heterocycles. The summed E-state index contributed by atoms with van der Waals surface area (Å²) in [5, 5.41) is 9.12. The number of halogens is 1. The zero-order valence-electron chi connectivity index (χ0n) is 10.1. The van der Waals surface area contributed by atoms with Crippen LogP contribution in [-0.2, 0) is 10.0 Å². The molecule has 6 heteroatoms. The van der Waals surface area contributed by atoms with Gasteiger partial charge in [0.15, 0.2) is 0 Å². The quantitative estimate of drug-likeness (QED) is 0.846. The van der Waals surface area contributed by atoms with Gasteiger partial charge in [-0.3, -0.25) is 0 Å². The molecule has 0 radical (unpaired) electrons. The van der Waals surface area contributed by atoms with Crippen molar-refractivity contribution in [3.63, 3.8) is 0 Å². The highest BCUT2D eigenvalue weighted by Crippen LogP contribution is 2.44. The van der Waals surface area contributed by atoms with E-state index in [4.69, 9.17) is 5.11 Å². The highest BCUT2D eigenvalue weighted by atomic mass is 32.2.